The molecule has 0 saturated heterocycles. The third-order valence-corrected chi connectivity index (χ3v) is 6.80. The lowest BCUT2D eigenvalue weighted by Gasteiger charge is -2.33. The summed E-state index contributed by atoms with van der Waals surface area (Å²) < 4.78 is 0. The van der Waals surface area contributed by atoms with Gasteiger partial charge in [0.1, 0.15) is 5.75 Å². The summed E-state index contributed by atoms with van der Waals surface area (Å²) in [6.07, 6.45) is 10.9. The maximum Gasteiger partial charge on any atom is 0.309 e. The van der Waals surface area contributed by atoms with Gasteiger partial charge < -0.3 is 10.2 Å². The molecule has 184 valence electrons. The molecule has 0 saturated carbocycles. The average Bonchev–Trinajstić information content (AvgIpc) is 2.67. The van der Waals surface area contributed by atoms with Gasteiger partial charge in [0, 0.05) is 0 Å². The zero-order valence-corrected chi connectivity index (χ0v) is 22.2. The van der Waals surface area contributed by atoms with Crippen molar-refractivity contribution in [1.82, 2.24) is 0 Å². The quantitative estimate of drug-likeness (QED) is 0.298. The summed E-state index contributed by atoms with van der Waals surface area (Å²) in [5.74, 6) is -0.304. The van der Waals surface area contributed by atoms with Gasteiger partial charge >= 0.3 is 5.97 Å². The number of aromatic hydroxyl groups is 1. The number of hydrogen-bond donors (Lipinski definition) is 2. The number of aliphatic carboxylic acids is 1. The Morgan fingerprint density at radius 3 is 1.62 bits per heavy atom. The van der Waals surface area contributed by atoms with E-state index >= 15 is 0 Å². The van der Waals surface area contributed by atoms with Gasteiger partial charge in [0.2, 0.25) is 0 Å². The Morgan fingerprint density at radius 2 is 1.19 bits per heavy atom. The van der Waals surface area contributed by atoms with E-state index in [0.29, 0.717) is 18.6 Å². The maximum atomic E-state index is 12.7. The Hall–Kier alpha value is -1.51. The van der Waals surface area contributed by atoms with Crippen LogP contribution in [-0.2, 0) is 22.0 Å². The third kappa shape index (κ3) is 8.12. The molecule has 0 aliphatic heterocycles. The van der Waals surface area contributed by atoms with Gasteiger partial charge in [-0.2, -0.15) is 0 Å². The van der Waals surface area contributed by atoms with Crippen LogP contribution in [0.3, 0.4) is 0 Å². The number of carboxylic acid groups (broad SMARTS) is 1. The van der Waals surface area contributed by atoms with Crippen LogP contribution in [-0.4, -0.2) is 16.2 Å². The van der Waals surface area contributed by atoms with Gasteiger partial charge in [-0.3, -0.25) is 4.79 Å². The van der Waals surface area contributed by atoms with E-state index < -0.39 is 11.4 Å². The molecule has 0 amide bonds. The molecule has 0 bridgehead atoms. The van der Waals surface area contributed by atoms with Crippen molar-refractivity contribution in [3.05, 3.63) is 28.8 Å². The number of phenolic OH excluding ortho intramolecular Hbond substituents is 1. The maximum absolute atomic E-state index is 12.7. The van der Waals surface area contributed by atoms with Crippen LogP contribution in [0.4, 0.5) is 0 Å². The van der Waals surface area contributed by atoms with E-state index in [-0.39, 0.29) is 10.8 Å². The first-order chi connectivity index (χ1) is 14.8. The highest BCUT2D eigenvalue weighted by Crippen LogP contribution is 2.42. The molecule has 0 aliphatic rings. The van der Waals surface area contributed by atoms with E-state index in [1.165, 1.54) is 25.7 Å². The molecular weight excluding hydrogens is 396 g/mol. The van der Waals surface area contributed by atoms with Crippen molar-refractivity contribution in [2.24, 2.45) is 5.41 Å². The van der Waals surface area contributed by atoms with Crippen LogP contribution in [0.25, 0.3) is 0 Å². The summed E-state index contributed by atoms with van der Waals surface area (Å²) in [4.78, 5) is 12.7. The monoisotopic (exact) mass is 446 g/mol. The van der Waals surface area contributed by atoms with E-state index in [9.17, 15) is 15.0 Å². The van der Waals surface area contributed by atoms with Gasteiger partial charge in [0.25, 0.3) is 0 Å². The Bertz CT molecular complexity index is 686. The van der Waals surface area contributed by atoms with Crippen LogP contribution in [0.5, 0.6) is 5.75 Å². The lowest BCUT2D eigenvalue weighted by atomic mass is 9.71. The minimum atomic E-state index is -0.734. The Labute approximate surface area is 198 Å². The van der Waals surface area contributed by atoms with Crippen molar-refractivity contribution in [2.45, 2.75) is 137 Å². The van der Waals surface area contributed by atoms with E-state index in [4.69, 9.17) is 0 Å². The number of phenols is 1. The van der Waals surface area contributed by atoms with Crippen LogP contribution in [0.2, 0.25) is 0 Å². The summed E-state index contributed by atoms with van der Waals surface area (Å²) in [6, 6.07) is 4.13. The fourth-order valence-electron chi connectivity index (χ4n) is 4.68. The van der Waals surface area contributed by atoms with Crippen molar-refractivity contribution in [3.63, 3.8) is 0 Å². The van der Waals surface area contributed by atoms with Crippen LogP contribution in [0, 0.1) is 5.41 Å². The van der Waals surface area contributed by atoms with Crippen molar-refractivity contribution < 1.29 is 15.0 Å². The second kappa shape index (κ2) is 12.1. The molecule has 1 aromatic rings. The average molecular weight is 447 g/mol. The fraction of sp³-hybridized carbons (Fsp3) is 0.759. The van der Waals surface area contributed by atoms with Gasteiger partial charge in [0.15, 0.2) is 0 Å². The largest absolute Gasteiger partial charge is 0.507 e. The Morgan fingerprint density at radius 1 is 0.750 bits per heavy atom. The molecule has 2 N–H and O–H groups in total. The molecule has 0 radical (unpaired) electrons. The number of benzene rings is 1. The summed E-state index contributed by atoms with van der Waals surface area (Å²) in [5, 5.41) is 21.5. The normalized spacial score (nSPS) is 14.4. The molecule has 0 aliphatic carbocycles. The lowest BCUT2D eigenvalue weighted by Crippen LogP contribution is -2.34. The summed E-state index contributed by atoms with van der Waals surface area (Å²) >= 11 is 0. The molecule has 0 spiro atoms. The van der Waals surface area contributed by atoms with Crippen LogP contribution >= 0.6 is 0 Å². The van der Waals surface area contributed by atoms with Crippen LogP contribution in [0.15, 0.2) is 12.1 Å². The van der Waals surface area contributed by atoms with Gasteiger partial charge in [-0.15, -0.1) is 0 Å². The molecule has 3 heteroatoms. The predicted molar refractivity (Wildman–Crippen MR) is 137 cm³/mol. The molecule has 32 heavy (non-hydrogen) atoms. The van der Waals surface area contributed by atoms with E-state index in [1.807, 2.05) is 0 Å². The third-order valence-electron chi connectivity index (χ3n) is 6.80. The van der Waals surface area contributed by atoms with Gasteiger partial charge in [0.05, 0.1) is 5.41 Å². The summed E-state index contributed by atoms with van der Waals surface area (Å²) in [6.45, 7) is 17.0. The number of carboxylic acids is 1. The molecule has 0 aromatic heterocycles. The Kier molecular flexibility index (Phi) is 10.8. The molecule has 0 heterocycles. The molecule has 0 fully saturated rings. The van der Waals surface area contributed by atoms with Crippen LogP contribution in [0.1, 0.15) is 136 Å². The highest BCUT2D eigenvalue weighted by atomic mass is 16.4. The fourth-order valence-corrected chi connectivity index (χ4v) is 4.68. The van der Waals surface area contributed by atoms with E-state index in [2.05, 4.69) is 67.5 Å². The van der Waals surface area contributed by atoms with Crippen molar-refractivity contribution >= 4 is 5.97 Å². The van der Waals surface area contributed by atoms with Crippen molar-refractivity contribution in [3.8, 4) is 5.75 Å². The van der Waals surface area contributed by atoms with Gasteiger partial charge in [-0.25, -0.2) is 0 Å². The number of unbranched alkanes of at least 4 members (excludes halogenated alkanes) is 6. The molecule has 3 nitrogen and oxygen atoms in total. The first-order valence-electron chi connectivity index (χ1n) is 12.9. The second-order valence-electron chi connectivity index (χ2n) is 11.9. The van der Waals surface area contributed by atoms with E-state index in [1.54, 1.807) is 0 Å². The minimum absolute atomic E-state index is 0.214. The number of hydrogen-bond acceptors (Lipinski definition) is 2. The number of carbonyl (C=O) groups is 1. The zero-order valence-electron chi connectivity index (χ0n) is 22.2. The van der Waals surface area contributed by atoms with Gasteiger partial charge in [-0.1, -0.05) is 119 Å². The van der Waals surface area contributed by atoms with Crippen LogP contribution < -0.4 is 0 Å². The van der Waals surface area contributed by atoms with Gasteiger partial charge in [-0.05, 0) is 46.8 Å². The SMILES string of the molecule is CCCCCCCCC(CCCC)(Cc1cc(C(C)(C)C)c(O)c(C(C)(C)C)c1)C(=O)O. The molecule has 1 atom stereocenters. The standard InChI is InChI=1S/C29H50O3/c1-9-11-13-14-15-16-18-29(26(31)32,17-12-10-2)21-22-19-23(27(3,4)5)25(30)24(20-22)28(6,7)8/h19-20,30H,9-18,21H2,1-8H3,(H,31,32). The predicted octanol–water partition coefficient (Wildman–Crippen LogP) is 8.54. The lowest BCUT2D eigenvalue weighted by molar-refractivity contribution is -0.150. The van der Waals surface area contributed by atoms with Crippen molar-refractivity contribution in [2.75, 3.05) is 0 Å². The van der Waals surface area contributed by atoms with E-state index in [0.717, 1.165) is 48.8 Å². The first-order valence-corrected chi connectivity index (χ1v) is 12.9. The highest BCUT2D eigenvalue weighted by Gasteiger charge is 2.38. The molecule has 1 rings (SSSR count). The summed E-state index contributed by atoms with van der Waals surface area (Å²) in [7, 11) is 0. The second-order valence-corrected chi connectivity index (χ2v) is 11.9. The zero-order chi connectivity index (χ0) is 24.6. The first kappa shape index (κ1) is 28.5. The Balaban J connectivity index is 3.33. The number of rotatable bonds is 13. The molecular formula is C29H50O3. The summed E-state index contributed by atoms with van der Waals surface area (Å²) in [5.41, 5.74) is 1.71. The van der Waals surface area contributed by atoms with Crippen molar-refractivity contribution in [1.29, 1.82) is 0 Å². The highest BCUT2D eigenvalue weighted by molar-refractivity contribution is 5.75. The minimum Gasteiger partial charge on any atom is -0.507 e. The topological polar surface area (TPSA) is 57.5 Å². The molecule has 1 unspecified atom stereocenters. The smallest absolute Gasteiger partial charge is 0.309 e. The molecule has 1 aromatic carbocycles.